The van der Waals surface area contributed by atoms with Crippen molar-refractivity contribution in [1.82, 2.24) is 10.2 Å². The molecule has 1 aromatic carbocycles. The van der Waals surface area contributed by atoms with Gasteiger partial charge in [-0.3, -0.25) is 4.90 Å². The number of piperidine rings is 1. The Labute approximate surface area is 133 Å². The van der Waals surface area contributed by atoms with Gasteiger partial charge < -0.3 is 14.8 Å². The lowest BCUT2D eigenvalue weighted by Crippen LogP contribution is -2.44. The number of benzene rings is 1. The van der Waals surface area contributed by atoms with Crippen molar-refractivity contribution in [2.45, 2.75) is 44.3 Å². The van der Waals surface area contributed by atoms with E-state index in [4.69, 9.17) is 9.47 Å². The van der Waals surface area contributed by atoms with Crippen LogP contribution in [-0.2, 0) is 6.54 Å². The summed E-state index contributed by atoms with van der Waals surface area (Å²) in [4.78, 5) is 2.66. The van der Waals surface area contributed by atoms with Gasteiger partial charge in [0, 0.05) is 25.2 Å². The second kappa shape index (κ2) is 5.78. The molecule has 4 rings (SSSR count). The minimum atomic E-state index is 0.324. The van der Waals surface area contributed by atoms with Crippen molar-refractivity contribution in [3.8, 4) is 11.5 Å². The fraction of sp³-hybridized carbons (Fsp3) is 0.625. The van der Waals surface area contributed by atoms with Crippen LogP contribution in [0.15, 0.2) is 16.6 Å². The lowest BCUT2D eigenvalue weighted by molar-refractivity contribution is 0.173. The average molecular weight is 353 g/mol. The molecule has 3 aliphatic heterocycles. The number of nitrogens with zero attached hydrogens (tertiary/aromatic N) is 1. The maximum absolute atomic E-state index is 5.49. The van der Waals surface area contributed by atoms with Gasteiger partial charge in [0.2, 0.25) is 6.79 Å². The molecule has 5 heteroatoms. The first-order valence-electron chi connectivity index (χ1n) is 7.87. The first-order chi connectivity index (χ1) is 10.3. The van der Waals surface area contributed by atoms with E-state index in [1.807, 2.05) is 0 Å². The van der Waals surface area contributed by atoms with Crippen molar-refractivity contribution in [3.63, 3.8) is 0 Å². The number of ether oxygens (including phenoxy) is 2. The van der Waals surface area contributed by atoms with E-state index in [0.717, 1.165) is 28.6 Å². The molecule has 0 radical (unpaired) electrons. The van der Waals surface area contributed by atoms with Crippen molar-refractivity contribution in [2.24, 2.45) is 0 Å². The maximum Gasteiger partial charge on any atom is 0.231 e. The number of hydrogen-bond donors (Lipinski definition) is 1. The average Bonchev–Trinajstić information content (AvgIpc) is 3.12. The smallest absolute Gasteiger partial charge is 0.231 e. The summed E-state index contributed by atoms with van der Waals surface area (Å²) in [6.45, 7) is 3.76. The highest BCUT2D eigenvalue weighted by Gasteiger charge is 2.35. The first kappa shape index (κ1) is 13.9. The zero-order chi connectivity index (χ0) is 14.2. The van der Waals surface area contributed by atoms with Gasteiger partial charge in [-0.05, 0) is 59.4 Å². The minimum Gasteiger partial charge on any atom is -0.454 e. The third kappa shape index (κ3) is 2.67. The predicted octanol–water partition coefficient (Wildman–Crippen LogP) is 2.89. The van der Waals surface area contributed by atoms with Crippen LogP contribution < -0.4 is 14.8 Å². The summed E-state index contributed by atoms with van der Waals surface area (Å²) < 4.78 is 11.9. The van der Waals surface area contributed by atoms with Gasteiger partial charge in [0.25, 0.3) is 0 Å². The Hall–Kier alpha value is -0.780. The molecule has 2 fully saturated rings. The van der Waals surface area contributed by atoms with E-state index in [1.165, 1.54) is 44.3 Å². The molecule has 0 aliphatic carbocycles. The largest absolute Gasteiger partial charge is 0.454 e. The molecule has 1 aromatic rings. The SMILES string of the molecule is Brc1cc(CNC2CCN3CCCCC23)cc2c1OCO2. The highest BCUT2D eigenvalue weighted by atomic mass is 79.9. The molecule has 0 aromatic heterocycles. The Morgan fingerprint density at radius 2 is 2.14 bits per heavy atom. The molecule has 0 spiro atoms. The number of nitrogens with one attached hydrogen (secondary N) is 1. The molecule has 3 heterocycles. The second-order valence-electron chi connectivity index (χ2n) is 6.19. The second-order valence-corrected chi connectivity index (χ2v) is 7.04. The summed E-state index contributed by atoms with van der Waals surface area (Å²) in [7, 11) is 0. The zero-order valence-electron chi connectivity index (χ0n) is 12.1. The molecule has 4 nitrogen and oxygen atoms in total. The van der Waals surface area contributed by atoms with Crippen LogP contribution in [0.1, 0.15) is 31.2 Å². The summed E-state index contributed by atoms with van der Waals surface area (Å²) in [5.74, 6) is 1.69. The van der Waals surface area contributed by atoms with Crippen LogP contribution in [0.5, 0.6) is 11.5 Å². The van der Waals surface area contributed by atoms with Crippen LogP contribution in [0, 0.1) is 0 Å². The summed E-state index contributed by atoms with van der Waals surface area (Å²) in [6, 6.07) is 5.60. The molecular weight excluding hydrogens is 332 g/mol. The monoisotopic (exact) mass is 352 g/mol. The maximum atomic E-state index is 5.49. The van der Waals surface area contributed by atoms with Crippen LogP contribution in [0.4, 0.5) is 0 Å². The zero-order valence-corrected chi connectivity index (χ0v) is 13.7. The van der Waals surface area contributed by atoms with Crippen molar-refractivity contribution in [3.05, 3.63) is 22.2 Å². The van der Waals surface area contributed by atoms with Gasteiger partial charge in [0.05, 0.1) is 4.47 Å². The quantitative estimate of drug-likeness (QED) is 0.906. The van der Waals surface area contributed by atoms with Crippen LogP contribution in [0.2, 0.25) is 0 Å². The molecule has 21 heavy (non-hydrogen) atoms. The lowest BCUT2D eigenvalue weighted by atomic mass is 9.99. The number of halogens is 1. The fourth-order valence-corrected chi connectivity index (χ4v) is 4.46. The number of fused-ring (bicyclic) bond motifs is 2. The fourth-order valence-electron chi connectivity index (χ4n) is 3.86. The van der Waals surface area contributed by atoms with Crippen LogP contribution in [0.3, 0.4) is 0 Å². The van der Waals surface area contributed by atoms with E-state index in [0.29, 0.717) is 12.8 Å². The van der Waals surface area contributed by atoms with E-state index in [1.54, 1.807) is 0 Å². The Kier molecular flexibility index (Phi) is 3.81. The highest BCUT2D eigenvalue weighted by molar-refractivity contribution is 9.10. The van der Waals surface area contributed by atoms with Crippen LogP contribution >= 0.6 is 15.9 Å². The Bertz CT molecular complexity index is 537. The van der Waals surface area contributed by atoms with Crippen molar-refractivity contribution >= 4 is 15.9 Å². The lowest BCUT2D eigenvalue weighted by Gasteiger charge is -2.32. The van der Waals surface area contributed by atoms with Gasteiger partial charge in [-0.2, -0.15) is 0 Å². The predicted molar refractivity (Wildman–Crippen MR) is 84.7 cm³/mol. The summed E-state index contributed by atoms with van der Waals surface area (Å²) in [6.07, 6.45) is 5.38. The summed E-state index contributed by atoms with van der Waals surface area (Å²) >= 11 is 3.57. The molecule has 114 valence electrons. The van der Waals surface area contributed by atoms with E-state index in [-0.39, 0.29) is 0 Å². The molecule has 2 saturated heterocycles. The third-order valence-electron chi connectivity index (χ3n) is 4.91. The van der Waals surface area contributed by atoms with Gasteiger partial charge in [-0.1, -0.05) is 6.42 Å². The molecule has 0 bridgehead atoms. The van der Waals surface area contributed by atoms with E-state index < -0.39 is 0 Å². The topological polar surface area (TPSA) is 33.7 Å². The van der Waals surface area contributed by atoms with E-state index >= 15 is 0 Å². The standard InChI is InChI=1S/C16H21BrN2O2/c17-12-7-11(8-15-16(12)21-10-20-15)9-18-13-4-6-19-5-2-1-3-14(13)19/h7-8,13-14,18H,1-6,9-10H2. The van der Waals surface area contributed by atoms with Gasteiger partial charge in [0.1, 0.15) is 0 Å². The summed E-state index contributed by atoms with van der Waals surface area (Å²) in [5, 5.41) is 3.76. The third-order valence-corrected chi connectivity index (χ3v) is 5.50. The Balaban J connectivity index is 1.42. The van der Waals surface area contributed by atoms with Gasteiger partial charge in [-0.15, -0.1) is 0 Å². The minimum absolute atomic E-state index is 0.324. The molecule has 2 unspecified atom stereocenters. The van der Waals surface area contributed by atoms with Gasteiger partial charge >= 0.3 is 0 Å². The Morgan fingerprint density at radius 1 is 1.19 bits per heavy atom. The summed E-state index contributed by atoms with van der Waals surface area (Å²) in [5.41, 5.74) is 1.25. The van der Waals surface area contributed by atoms with Crippen molar-refractivity contribution < 1.29 is 9.47 Å². The van der Waals surface area contributed by atoms with Crippen LogP contribution in [0.25, 0.3) is 0 Å². The highest BCUT2D eigenvalue weighted by Crippen LogP contribution is 2.40. The molecule has 2 atom stereocenters. The number of rotatable bonds is 3. The molecule has 0 amide bonds. The first-order valence-corrected chi connectivity index (χ1v) is 8.66. The molecule has 0 saturated carbocycles. The number of hydrogen-bond acceptors (Lipinski definition) is 4. The van der Waals surface area contributed by atoms with Gasteiger partial charge in [0.15, 0.2) is 11.5 Å². The van der Waals surface area contributed by atoms with Crippen LogP contribution in [-0.4, -0.2) is 36.9 Å². The molecule has 3 aliphatic rings. The molecular formula is C16H21BrN2O2. The van der Waals surface area contributed by atoms with Crippen molar-refractivity contribution in [1.29, 1.82) is 0 Å². The normalized spacial score (nSPS) is 27.9. The van der Waals surface area contributed by atoms with E-state index in [9.17, 15) is 0 Å². The van der Waals surface area contributed by atoms with Gasteiger partial charge in [-0.25, -0.2) is 0 Å². The van der Waals surface area contributed by atoms with E-state index in [2.05, 4.69) is 38.3 Å². The van der Waals surface area contributed by atoms with Crippen molar-refractivity contribution in [2.75, 3.05) is 19.9 Å². The molecule has 1 N–H and O–H groups in total. The Morgan fingerprint density at radius 3 is 3.10 bits per heavy atom.